The number of nitrogens with one attached hydrogen (secondary N) is 1. The standard InChI is InChI=1S/C22H23N5O/c1-28-19-11-9-17(10-12-19)21-16-27(26-25-21)15-3-2-13-23-20-8-4-6-18-7-5-14-24-22(18)20/h4-12,14,16,23H,2-3,13,15H2,1H3. The highest BCUT2D eigenvalue weighted by Crippen LogP contribution is 2.21. The third-order valence-electron chi connectivity index (χ3n) is 4.69. The minimum Gasteiger partial charge on any atom is -0.497 e. The zero-order valence-corrected chi connectivity index (χ0v) is 15.9. The van der Waals surface area contributed by atoms with Crippen LogP contribution in [0.1, 0.15) is 12.8 Å². The van der Waals surface area contributed by atoms with Gasteiger partial charge in [-0.3, -0.25) is 9.67 Å². The van der Waals surface area contributed by atoms with Crippen molar-refractivity contribution in [3.63, 3.8) is 0 Å². The summed E-state index contributed by atoms with van der Waals surface area (Å²) in [5, 5.41) is 13.2. The van der Waals surface area contributed by atoms with Gasteiger partial charge in [0.25, 0.3) is 0 Å². The van der Waals surface area contributed by atoms with Crippen molar-refractivity contribution < 1.29 is 4.74 Å². The predicted octanol–water partition coefficient (Wildman–Crippen LogP) is 4.39. The lowest BCUT2D eigenvalue weighted by Gasteiger charge is -2.08. The number of para-hydroxylation sites is 1. The molecule has 0 saturated carbocycles. The number of hydrogen-bond donors (Lipinski definition) is 1. The first kappa shape index (κ1) is 18.0. The molecule has 0 aliphatic rings. The van der Waals surface area contributed by atoms with E-state index in [1.165, 1.54) is 0 Å². The Hall–Kier alpha value is -3.41. The van der Waals surface area contributed by atoms with Gasteiger partial charge < -0.3 is 10.1 Å². The number of rotatable bonds is 8. The summed E-state index contributed by atoms with van der Waals surface area (Å²) in [6.45, 7) is 1.74. The molecule has 6 nitrogen and oxygen atoms in total. The maximum absolute atomic E-state index is 5.19. The Morgan fingerprint density at radius 3 is 2.71 bits per heavy atom. The highest BCUT2D eigenvalue weighted by Gasteiger charge is 2.05. The third-order valence-corrected chi connectivity index (χ3v) is 4.69. The molecule has 0 fully saturated rings. The van der Waals surface area contributed by atoms with Gasteiger partial charge in [-0.25, -0.2) is 0 Å². The molecule has 0 saturated heterocycles. The van der Waals surface area contributed by atoms with E-state index in [1.807, 2.05) is 47.4 Å². The first-order chi connectivity index (χ1) is 13.8. The van der Waals surface area contributed by atoms with Crippen LogP contribution in [0.15, 0.2) is 67.0 Å². The van der Waals surface area contributed by atoms with E-state index < -0.39 is 0 Å². The van der Waals surface area contributed by atoms with Gasteiger partial charge in [-0.05, 0) is 49.2 Å². The quantitative estimate of drug-likeness (QED) is 0.464. The molecular formula is C22H23N5O. The molecule has 0 aliphatic carbocycles. The first-order valence-corrected chi connectivity index (χ1v) is 9.46. The van der Waals surface area contributed by atoms with E-state index in [0.29, 0.717) is 0 Å². The minimum atomic E-state index is 0.838. The SMILES string of the molecule is COc1ccc(-c2cn(CCCCNc3cccc4cccnc34)nn2)cc1. The topological polar surface area (TPSA) is 64.9 Å². The number of unbranched alkanes of at least 4 members (excludes halogenated alkanes) is 1. The van der Waals surface area contributed by atoms with Crippen LogP contribution in [0.3, 0.4) is 0 Å². The molecule has 142 valence electrons. The normalized spacial score (nSPS) is 10.9. The van der Waals surface area contributed by atoms with Crippen LogP contribution in [0.25, 0.3) is 22.2 Å². The molecule has 28 heavy (non-hydrogen) atoms. The van der Waals surface area contributed by atoms with Crippen LogP contribution in [0.2, 0.25) is 0 Å². The second kappa shape index (κ2) is 8.52. The Morgan fingerprint density at radius 1 is 1.00 bits per heavy atom. The van der Waals surface area contributed by atoms with Crippen LogP contribution in [0.5, 0.6) is 5.75 Å². The van der Waals surface area contributed by atoms with Gasteiger partial charge in [0.2, 0.25) is 0 Å². The summed E-state index contributed by atoms with van der Waals surface area (Å²) >= 11 is 0. The number of aryl methyl sites for hydroxylation is 1. The monoisotopic (exact) mass is 373 g/mol. The van der Waals surface area contributed by atoms with E-state index in [4.69, 9.17) is 4.74 Å². The number of methoxy groups -OCH3 is 1. The van der Waals surface area contributed by atoms with E-state index >= 15 is 0 Å². The molecule has 0 atom stereocenters. The van der Waals surface area contributed by atoms with Gasteiger partial charge in [-0.2, -0.15) is 0 Å². The Kier molecular flexibility index (Phi) is 5.47. The largest absolute Gasteiger partial charge is 0.497 e. The van der Waals surface area contributed by atoms with Gasteiger partial charge in [-0.15, -0.1) is 5.10 Å². The zero-order chi connectivity index (χ0) is 19.2. The molecule has 1 N–H and O–H groups in total. The van der Waals surface area contributed by atoms with E-state index in [0.717, 1.165) is 59.5 Å². The summed E-state index contributed by atoms with van der Waals surface area (Å²) in [6.07, 6.45) is 5.89. The van der Waals surface area contributed by atoms with Crippen LogP contribution in [-0.2, 0) is 6.54 Å². The lowest BCUT2D eigenvalue weighted by molar-refractivity contribution is 0.415. The van der Waals surface area contributed by atoms with Crippen molar-refractivity contribution in [3.8, 4) is 17.0 Å². The van der Waals surface area contributed by atoms with Crippen molar-refractivity contribution in [1.82, 2.24) is 20.0 Å². The second-order valence-electron chi connectivity index (χ2n) is 6.61. The van der Waals surface area contributed by atoms with E-state index in [9.17, 15) is 0 Å². The second-order valence-corrected chi connectivity index (χ2v) is 6.61. The highest BCUT2D eigenvalue weighted by atomic mass is 16.5. The van der Waals surface area contributed by atoms with Gasteiger partial charge in [0.15, 0.2) is 0 Å². The molecular weight excluding hydrogens is 350 g/mol. The lowest BCUT2D eigenvalue weighted by atomic mass is 10.1. The summed E-state index contributed by atoms with van der Waals surface area (Å²) in [4.78, 5) is 4.48. The molecule has 0 spiro atoms. The molecule has 2 aromatic carbocycles. The minimum absolute atomic E-state index is 0.838. The fourth-order valence-electron chi connectivity index (χ4n) is 3.17. The first-order valence-electron chi connectivity index (χ1n) is 9.46. The molecule has 4 aromatic rings. The van der Waals surface area contributed by atoms with Gasteiger partial charge in [0, 0.05) is 30.2 Å². The van der Waals surface area contributed by atoms with Gasteiger partial charge in [0.1, 0.15) is 11.4 Å². The third kappa shape index (κ3) is 4.11. The smallest absolute Gasteiger partial charge is 0.118 e. The van der Waals surface area contributed by atoms with Gasteiger partial charge >= 0.3 is 0 Å². The van der Waals surface area contributed by atoms with Crippen LogP contribution in [-0.4, -0.2) is 33.6 Å². The summed E-state index contributed by atoms with van der Waals surface area (Å²) in [6, 6.07) is 18.1. The molecule has 0 bridgehead atoms. The fraction of sp³-hybridized carbons (Fsp3) is 0.227. The lowest BCUT2D eigenvalue weighted by Crippen LogP contribution is -2.05. The van der Waals surface area contributed by atoms with Crippen LogP contribution < -0.4 is 10.1 Å². The molecule has 4 rings (SSSR count). The van der Waals surface area contributed by atoms with Crippen molar-refractivity contribution >= 4 is 16.6 Å². The van der Waals surface area contributed by atoms with Gasteiger partial charge in [-0.1, -0.05) is 23.4 Å². The van der Waals surface area contributed by atoms with Crippen molar-refractivity contribution in [3.05, 3.63) is 67.0 Å². The summed E-state index contributed by atoms with van der Waals surface area (Å²) < 4.78 is 7.09. The molecule has 2 heterocycles. The Labute approximate surface area is 164 Å². The molecule has 0 aliphatic heterocycles. The highest BCUT2D eigenvalue weighted by molar-refractivity contribution is 5.90. The Balaban J connectivity index is 1.27. The number of anilines is 1. The summed E-state index contributed by atoms with van der Waals surface area (Å²) in [5.41, 5.74) is 4.02. The van der Waals surface area contributed by atoms with Crippen LogP contribution >= 0.6 is 0 Å². The number of nitrogens with zero attached hydrogens (tertiary/aromatic N) is 4. The fourth-order valence-corrected chi connectivity index (χ4v) is 3.17. The molecule has 2 aromatic heterocycles. The van der Waals surface area contributed by atoms with Crippen LogP contribution in [0.4, 0.5) is 5.69 Å². The van der Waals surface area contributed by atoms with E-state index in [1.54, 1.807) is 7.11 Å². The number of ether oxygens (including phenoxy) is 1. The average molecular weight is 373 g/mol. The maximum atomic E-state index is 5.19. The number of pyridine rings is 1. The summed E-state index contributed by atoms with van der Waals surface area (Å²) in [5.74, 6) is 0.838. The van der Waals surface area contributed by atoms with Gasteiger partial charge in [0.05, 0.1) is 24.5 Å². The van der Waals surface area contributed by atoms with Crippen molar-refractivity contribution in [1.29, 1.82) is 0 Å². The number of aromatic nitrogens is 4. The maximum Gasteiger partial charge on any atom is 0.118 e. The van der Waals surface area contributed by atoms with Crippen molar-refractivity contribution in [2.24, 2.45) is 0 Å². The molecule has 0 radical (unpaired) electrons. The summed E-state index contributed by atoms with van der Waals surface area (Å²) in [7, 11) is 1.66. The molecule has 0 unspecified atom stereocenters. The van der Waals surface area contributed by atoms with Crippen LogP contribution in [0, 0.1) is 0 Å². The van der Waals surface area contributed by atoms with Crippen molar-refractivity contribution in [2.45, 2.75) is 19.4 Å². The predicted molar refractivity (Wildman–Crippen MR) is 111 cm³/mol. The molecule has 6 heteroatoms. The number of benzene rings is 2. The average Bonchev–Trinajstić information content (AvgIpc) is 3.22. The number of fused-ring (bicyclic) bond motifs is 1. The number of hydrogen-bond acceptors (Lipinski definition) is 5. The van der Waals surface area contributed by atoms with E-state index in [-0.39, 0.29) is 0 Å². The zero-order valence-electron chi connectivity index (χ0n) is 15.9. The van der Waals surface area contributed by atoms with Crippen molar-refractivity contribution in [2.75, 3.05) is 19.0 Å². The van der Waals surface area contributed by atoms with E-state index in [2.05, 4.69) is 44.9 Å². The Morgan fingerprint density at radius 2 is 1.86 bits per heavy atom. The Bertz CT molecular complexity index is 1040. The molecule has 0 amide bonds.